The number of hydroxylamine groups is 1. The molecule has 0 saturated carbocycles. The first-order valence-corrected chi connectivity index (χ1v) is 20.0. The molecule has 0 aliphatic heterocycles. The Balaban J connectivity index is 1.53. The Morgan fingerprint density at radius 2 is 1.08 bits per heavy atom. The lowest BCUT2D eigenvalue weighted by Gasteiger charge is -2.29. The molecule has 14 nitrogen and oxygen atoms in total. The van der Waals surface area contributed by atoms with Crippen molar-refractivity contribution in [2.45, 2.75) is 95.4 Å². The van der Waals surface area contributed by atoms with Gasteiger partial charge in [-0.3, -0.25) is 19.2 Å². The molecule has 0 aliphatic rings. The second-order valence-electron chi connectivity index (χ2n) is 15.3. The summed E-state index contributed by atoms with van der Waals surface area (Å²) in [6.45, 7) is 5.19. The van der Waals surface area contributed by atoms with Crippen LogP contribution in [0.25, 0.3) is 0 Å². The number of hydrogen-bond acceptors (Lipinski definition) is 10. The molecule has 0 saturated heterocycles. The first-order chi connectivity index (χ1) is 28.8. The van der Waals surface area contributed by atoms with Crippen LogP contribution in [-0.4, -0.2) is 84.4 Å². The van der Waals surface area contributed by atoms with E-state index in [4.69, 9.17) is 14.3 Å². The van der Waals surface area contributed by atoms with Gasteiger partial charge < -0.3 is 35.8 Å². The van der Waals surface area contributed by atoms with E-state index in [9.17, 15) is 29.1 Å². The highest BCUT2D eigenvalue weighted by atomic mass is 16.6. The summed E-state index contributed by atoms with van der Waals surface area (Å²) in [6.07, 6.45) is -1.74. The molecule has 14 heteroatoms. The zero-order valence-electron chi connectivity index (χ0n) is 34.6. The summed E-state index contributed by atoms with van der Waals surface area (Å²) in [6, 6.07) is 32.6. The molecular weight excluding hydrogens is 767 g/mol. The summed E-state index contributed by atoms with van der Waals surface area (Å²) in [5.41, 5.74) is 4.86. The molecule has 0 aliphatic carbocycles. The molecule has 0 spiro atoms. The van der Waals surface area contributed by atoms with E-state index in [1.165, 1.54) is 7.11 Å². The van der Waals surface area contributed by atoms with Crippen LogP contribution in [0.3, 0.4) is 0 Å². The Bertz CT molecular complexity index is 1930. The second kappa shape index (κ2) is 24.1. The largest absolute Gasteiger partial charge is 0.467 e. The van der Waals surface area contributed by atoms with Gasteiger partial charge in [-0.2, -0.15) is 0 Å². The molecule has 0 aromatic heterocycles. The number of amides is 4. The van der Waals surface area contributed by atoms with Gasteiger partial charge in [-0.05, 0) is 62.3 Å². The molecule has 4 rings (SSSR count). The third kappa shape index (κ3) is 17.0. The second-order valence-corrected chi connectivity index (χ2v) is 15.3. The van der Waals surface area contributed by atoms with E-state index in [0.29, 0.717) is 0 Å². The van der Waals surface area contributed by atoms with Crippen LogP contribution in [-0.2, 0) is 59.4 Å². The molecule has 4 aromatic carbocycles. The van der Waals surface area contributed by atoms with E-state index >= 15 is 0 Å². The van der Waals surface area contributed by atoms with Crippen molar-refractivity contribution in [3.8, 4) is 0 Å². The highest BCUT2D eigenvalue weighted by Gasteiger charge is 2.32. The van der Waals surface area contributed by atoms with Gasteiger partial charge in [0.15, 0.2) is 0 Å². The maximum absolute atomic E-state index is 14.3. The fraction of sp³-hybridized carbons (Fsp3) is 0.370. The number of aliphatic hydroxyl groups excluding tert-OH is 1. The normalized spacial score (nSPS) is 13.7. The van der Waals surface area contributed by atoms with Crippen molar-refractivity contribution in [2.24, 2.45) is 0 Å². The van der Waals surface area contributed by atoms with Crippen LogP contribution in [0, 0.1) is 0 Å². The Hall–Kier alpha value is -6.09. The van der Waals surface area contributed by atoms with E-state index in [2.05, 4.69) is 26.7 Å². The summed E-state index contributed by atoms with van der Waals surface area (Å²) >= 11 is 0. The maximum atomic E-state index is 14.3. The maximum Gasteiger partial charge on any atom is 0.407 e. The molecule has 4 aromatic rings. The lowest BCUT2D eigenvalue weighted by Crippen LogP contribution is -2.57. The number of nitrogens with one attached hydrogen (secondary N) is 5. The van der Waals surface area contributed by atoms with Crippen LogP contribution in [0.1, 0.15) is 55.9 Å². The summed E-state index contributed by atoms with van der Waals surface area (Å²) in [5, 5.41) is 23.0. The van der Waals surface area contributed by atoms with Gasteiger partial charge in [0.05, 0.1) is 31.9 Å². The minimum atomic E-state index is -1.29. The minimum Gasteiger partial charge on any atom is -0.467 e. The Morgan fingerprint density at radius 3 is 1.60 bits per heavy atom. The van der Waals surface area contributed by atoms with Gasteiger partial charge in [-0.25, -0.2) is 15.1 Å². The quantitative estimate of drug-likeness (QED) is 0.0497. The fourth-order valence-corrected chi connectivity index (χ4v) is 6.22. The molecule has 6 N–H and O–H groups in total. The molecular formula is C46H57N5O9. The number of alkyl carbamates (subject to hydrolysis) is 1. The van der Waals surface area contributed by atoms with Gasteiger partial charge in [0, 0.05) is 19.4 Å². The Morgan fingerprint density at radius 1 is 0.617 bits per heavy atom. The van der Waals surface area contributed by atoms with E-state index in [-0.39, 0.29) is 45.3 Å². The Kier molecular flexibility index (Phi) is 18.7. The molecule has 5 atom stereocenters. The Labute approximate surface area is 351 Å². The molecule has 320 valence electrons. The number of carbonyl (C=O) groups is 5. The molecule has 1 unspecified atom stereocenters. The van der Waals surface area contributed by atoms with Crippen molar-refractivity contribution >= 4 is 29.8 Å². The highest BCUT2D eigenvalue weighted by Crippen LogP contribution is 2.13. The molecule has 60 heavy (non-hydrogen) atoms. The van der Waals surface area contributed by atoms with Crippen LogP contribution in [0.4, 0.5) is 4.79 Å². The average Bonchev–Trinajstić information content (AvgIpc) is 3.23. The van der Waals surface area contributed by atoms with Crippen molar-refractivity contribution in [2.75, 3.05) is 13.7 Å². The monoisotopic (exact) mass is 823 g/mol. The predicted molar refractivity (Wildman–Crippen MR) is 226 cm³/mol. The lowest BCUT2D eigenvalue weighted by molar-refractivity contribution is -0.145. The van der Waals surface area contributed by atoms with Crippen LogP contribution in [0.2, 0.25) is 0 Å². The molecule has 0 heterocycles. The molecule has 0 radical (unpaired) electrons. The zero-order valence-corrected chi connectivity index (χ0v) is 34.6. The number of ether oxygens (including phenoxy) is 2. The van der Waals surface area contributed by atoms with Gasteiger partial charge in [0.2, 0.25) is 17.7 Å². The first kappa shape index (κ1) is 46.6. The number of rotatable bonds is 22. The summed E-state index contributed by atoms with van der Waals surface area (Å²) in [5.74, 6) is -2.54. The fourth-order valence-electron chi connectivity index (χ4n) is 6.22. The average molecular weight is 824 g/mol. The summed E-state index contributed by atoms with van der Waals surface area (Å²) in [7, 11) is 1.22. The van der Waals surface area contributed by atoms with Gasteiger partial charge in [-0.1, -0.05) is 121 Å². The molecule has 0 fully saturated rings. The SMILES string of the molecule is COC(=O)[C@H](Cc1ccccc1)NC(=O)[C@H](CCC(=O)NOCc1ccccc1)NC(=O)[C@H](Cc1ccccc1)NCC(O)[C@H](Cc1ccccc1)NC(=O)OC(C)(C)C. The number of carbonyl (C=O) groups excluding carboxylic acids is 5. The standard InChI is InChI=1S/C46H57N5O9/c1-46(2,3)60-45(57)50-37(27-32-17-9-5-10-18-32)40(52)30-47-38(28-33-19-11-6-12-20-33)43(55)48-36(25-26-41(53)51-59-31-35-23-15-8-16-24-35)42(54)49-39(44(56)58-4)29-34-21-13-7-14-22-34/h5-24,36-40,47,52H,25-31H2,1-4H3,(H,48,55)(H,49,54)(H,50,57)(H,51,53)/t36-,37-,38-,39-,40?/m0/s1. The lowest BCUT2D eigenvalue weighted by atomic mass is 10.00. The molecule has 0 bridgehead atoms. The van der Waals surface area contributed by atoms with E-state index < -0.39 is 65.7 Å². The van der Waals surface area contributed by atoms with Gasteiger partial charge in [-0.15, -0.1) is 0 Å². The van der Waals surface area contributed by atoms with Crippen molar-refractivity contribution in [3.05, 3.63) is 144 Å². The van der Waals surface area contributed by atoms with Crippen molar-refractivity contribution in [3.63, 3.8) is 0 Å². The van der Waals surface area contributed by atoms with E-state index in [1.807, 2.05) is 109 Å². The zero-order chi connectivity index (χ0) is 43.3. The number of methoxy groups -OCH3 is 1. The smallest absolute Gasteiger partial charge is 0.407 e. The first-order valence-electron chi connectivity index (χ1n) is 20.0. The molecule has 4 amide bonds. The van der Waals surface area contributed by atoms with Crippen LogP contribution >= 0.6 is 0 Å². The third-order valence-electron chi connectivity index (χ3n) is 9.28. The third-order valence-corrected chi connectivity index (χ3v) is 9.28. The highest BCUT2D eigenvalue weighted by molar-refractivity contribution is 5.92. The van der Waals surface area contributed by atoms with Crippen molar-refractivity contribution < 1.29 is 43.4 Å². The van der Waals surface area contributed by atoms with E-state index in [1.54, 1.807) is 32.9 Å². The van der Waals surface area contributed by atoms with Crippen LogP contribution in [0.15, 0.2) is 121 Å². The van der Waals surface area contributed by atoms with E-state index in [0.717, 1.165) is 22.3 Å². The van der Waals surface area contributed by atoms with Gasteiger partial charge >= 0.3 is 12.1 Å². The topological polar surface area (TPSA) is 193 Å². The number of esters is 1. The summed E-state index contributed by atoms with van der Waals surface area (Å²) in [4.78, 5) is 72.4. The van der Waals surface area contributed by atoms with Crippen molar-refractivity contribution in [1.29, 1.82) is 0 Å². The number of hydrogen-bond donors (Lipinski definition) is 6. The summed E-state index contributed by atoms with van der Waals surface area (Å²) < 4.78 is 10.5. The van der Waals surface area contributed by atoms with Crippen LogP contribution in [0.5, 0.6) is 0 Å². The van der Waals surface area contributed by atoms with Gasteiger partial charge in [0.25, 0.3) is 0 Å². The van der Waals surface area contributed by atoms with Crippen molar-refractivity contribution in [1.82, 2.24) is 26.7 Å². The number of aliphatic hydroxyl groups is 1. The predicted octanol–water partition coefficient (Wildman–Crippen LogP) is 4.10. The number of benzene rings is 4. The minimum absolute atomic E-state index is 0.116. The van der Waals surface area contributed by atoms with Gasteiger partial charge in [0.1, 0.15) is 17.7 Å². The van der Waals surface area contributed by atoms with Crippen LogP contribution < -0.4 is 26.7 Å².